The van der Waals surface area contributed by atoms with Crippen LogP contribution in [0.1, 0.15) is 18.4 Å². The van der Waals surface area contributed by atoms with Crippen molar-refractivity contribution >= 4 is 11.9 Å². The number of ether oxygens (including phenoxy) is 1. The number of benzene rings is 1. The average molecular weight is 281 g/mol. The summed E-state index contributed by atoms with van der Waals surface area (Å²) in [7, 11) is 1.51. The summed E-state index contributed by atoms with van der Waals surface area (Å²) in [5.41, 5.74) is -0.0850. The van der Waals surface area contributed by atoms with Gasteiger partial charge in [-0.25, -0.2) is 9.18 Å². The summed E-state index contributed by atoms with van der Waals surface area (Å²) < 4.78 is 17.8. The molecule has 5 nitrogen and oxygen atoms in total. The molecule has 0 radical (unpaired) electrons. The Morgan fingerprint density at radius 3 is 2.60 bits per heavy atom. The highest BCUT2D eigenvalue weighted by Crippen LogP contribution is 2.51. The van der Waals surface area contributed by atoms with Gasteiger partial charge in [0.05, 0.1) is 12.5 Å². The van der Waals surface area contributed by atoms with Crippen molar-refractivity contribution in [2.75, 3.05) is 13.8 Å². The predicted molar refractivity (Wildman–Crippen MR) is 69.4 cm³/mol. The standard InChI is InChI=1S/C14H16FNO4/c1-20-11-5-3-2-4-9(11)14(6-7-14)13(19)16-10(8-15)12(17)18/h2-5,10H,6-8H2,1H3,(H,16,19)(H,17,18). The third-order valence-electron chi connectivity index (χ3n) is 3.56. The number of hydrogen-bond acceptors (Lipinski definition) is 3. The number of carboxylic acids is 1. The number of alkyl halides is 1. The van der Waals surface area contributed by atoms with Gasteiger partial charge in [-0.2, -0.15) is 0 Å². The number of nitrogens with one attached hydrogen (secondary N) is 1. The molecule has 2 rings (SSSR count). The summed E-state index contributed by atoms with van der Waals surface area (Å²) in [6.45, 7) is -1.14. The summed E-state index contributed by atoms with van der Waals surface area (Å²) in [5, 5.41) is 11.0. The van der Waals surface area contributed by atoms with E-state index in [-0.39, 0.29) is 0 Å². The summed E-state index contributed by atoms with van der Waals surface area (Å²) in [6.07, 6.45) is 1.19. The molecule has 1 unspecified atom stereocenters. The minimum Gasteiger partial charge on any atom is -0.496 e. The summed E-state index contributed by atoms with van der Waals surface area (Å²) >= 11 is 0. The Balaban J connectivity index is 2.23. The van der Waals surface area contributed by atoms with Gasteiger partial charge in [0, 0.05) is 5.56 Å². The Hall–Kier alpha value is -2.11. The molecule has 1 atom stereocenters. The Bertz CT molecular complexity index is 528. The van der Waals surface area contributed by atoms with Gasteiger partial charge in [-0.3, -0.25) is 4.79 Å². The third-order valence-corrected chi connectivity index (χ3v) is 3.56. The number of rotatable bonds is 6. The molecule has 0 spiro atoms. The van der Waals surface area contributed by atoms with Crippen LogP contribution in [0.4, 0.5) is 4.39 Å². The molecule has 1 aromatic rings. The number of halogens is 1. The first kappa shape index (κ1) is 14.3. The van der Waals surface area contributed by atoms with Gasteiger partial charge in [-0.15, -0.1) is 0 Å². The van der Waals surface area contributed by atoms with Gasteiger partial charge in [0.15, 0.2) is 6.04 Å². The van der Waals surface area contributed by atoms with E-state index < -0.39 is 30.0 Å². The molecule has 0 saturated heterocycles. The molecule has 108 valence electrons. The van der Waals surface area contributed by atoms with Crippen LogP contribution >= 0.6 is 0 Å². The highest BCUT2D eigenvalue weighted by atomic mass is 19.1. The normalized spacial score (nSPS) is 17.1. The second-order valence-corrected chi connectivity index (χ2v) is 4.80. The van der Waals surface area contributed by atoms with E-state index in [9.17, 15) is 14.0 Å². The fourth-order valence-corrected chi connectivity index (χ4v) is 2.25. The van der Waals surface area contributed by atoms with E-state index in [0.29, 0.717) is 24.2 Å². The SMILES string of the molecule is COc1ccccc1C1(C(=O)NC(CF)C(=O)O)CC1. The van der Waals surface area contributed by atoms with Crippen molar-refractivity contribution in [3.63, 3.8) is 0 Å². The largest absolute Gasteiger partial charge is 0.496 e. The maximum atomic E-state index is 12.6. The van der Waals surface area contributed by atoms with E-state index in [4.69, 9.17) is 9.84 Å². The highest BCUT2D eigenvalue weighted by molar-refractivity contribution is 5.94. The highest BCUT2D eigenvalue weighted by Gasteiger charge is 2.53. The number of carbonyl (C=O) groups is 2. The van der Waals surface area contributed by atoms with Gasteiger partial charge in [-0.1, -0.05) is 18.2 Å². The van der Waals surface area contributed by atoms with Gasteiger partial charge in [0.25, 0.3) is 0 Å². The van der Waals surface area contributed by atoms with Gasteiger partial charge in [0.1, 0.15) is 12.4 Å². The number of methoxy groups -OCH3 is 1. The Morgan fingerprint density at radius 1 is 1.45 bits per heavy atom. The molecule has 20 heavy (non-hydrogen) atoms. The van der Waals surface area contributed by atoms with E-state index in [1.54, 1.807) is 24.3 Å². The van der Waals surface area contributed by atoms with Gasteiger partial charge < -0.3 is 15.2 Å². The average Bonchev–Trinajstić information content (AvgIpc) is 3.25. The first-order valence-corrected chi connectivity index (χ1v) is 6.28. The Labute approximate surface area is 115 Å². The minimum atomic E-state index is -1.50. The number of carbonyl (C=O) groups excluding carboxylic acids is 1. The van der Waals surface area contributed by atoms with Crippen molar-refractivity contribution < 1.29 is 23.8 Å². The summed E-state index contributed by atoms with van der Waals surface area (Å²) in [4.78, 5) is 23.1. The van der Waals surface area contributed by atoms with E-state index in [1.165, 1.54) is 7.11 Å². The third kappa shape index (κ3) is 2.45. The molecule has 1 amide bonds. The molecular formula is C14H16FNO4. The van der Waals surface area contributed by atoms with Crippen molar-refractivity contribution in [2.24, 2.45) is 0 Å². The van der Waals surface area contributed by atoms with Gasteiger partial charge in [-0.05, 0) is 18.9 Å². The molecule has 1 aliphatic rings. The van der Waals surface area contributed by atoms with Crippen molar-refractivity contribution in [1.29, 1.82) is 0 Å². The van der Waals surface area contributed by atoms with Crippen LogP contribution in [0.5, 0.6) is 5.75 Å². The minimum absolute atomic E-state index is 0.466. The van der Waals surface area contributed by atoms with Crippen LogP contribution < -0.4 is 10.1 Å². The van der Waals surface area contributed by atoms with Crippen LogP contribution in [0.2, 0.25) is 0 Å². The van der Waals surface area contributed by atoms with E-state index in [1.807, 2.05) is 0 Å². The lowest BCUT2D eigenvalue weighted by molar-refractivity contribution is -0.142. The van der Waals surface area contributed by atoms with Crippen molar-refractivity contribution in [2.45, 2.75) is 24.3 Å². The molecule has 1 aromatic carbocycles. The monoisotopic (exact) mass is 281 g/mol. The van der Waals surface area contributed by atoms with E-state index >= 15 is 0 Å². The van der Waals surface area contributed by atoms with E-state index in [2.05, 4.69) is 5.32 Å². The number of para-hydroxylation sites is 1. The lowest BCUT2D eigenvalue weighted by Crippen LogP contribution is -2.46. The molecule has 6 heteroatoms. The first-order chi connectivity index (χ1) is 9.55. The Morgan fingerprint density at radius 2 is 2.10 bits per heavy atom. The lowest BCUT2D eigenvalue weighted by atomic mass is 9.93. The number of hydrogen-bond donors (Lipinski definition) is 2. The molecule has 2 N–H and O–H groups in total. The van der Waals surface area contributed by atoms with Crippen LogP contribution in [-0.4, -0.2) is 36.8 Å². The van der Waals surface area contributed by atoms with Crippen LogP contribution in [0.3, 0.4) is 0 Å². The topological polar surface area (TPSA) is 75.6 Å². The second-order valence-electron chi connectivity index (χ2n) is 4.80. The van der Waals surface area contributed by atoms with Crippen molar-refractivity contribution in [1.82, 2.24) is 5.32 Å². The van der Waals surface area contributed by atoms with Crippen LogP contribution in [0, 0.1) is 0 Å². The lowest BCUT2D eigenvalue weighted by Gasteiger charge is -2.20. The molecular weight excluding hydrogens is 265 g/mol. The predicted octanol–water partition coefficient (Wildman–Crippen LogP) is 1.27. The zero-order valence-corrected chi connectivity index (χ0v) is 11.1. The van der Waals surface area contributed by atoms with Crippen LogP contribution in [0.15, 0.2) is 24.3 Å². The maximum absolute atomic E-state index is 12.6. The fourth-order valence-electron chi connectivity index (χ4n) is 2.25. The number of aliphatic carboxylic acids is 1. The Kier molecular flexibility index (Phi) is 3.92. The quantitative estimate of drug-likeness (QED) is 0.823. The molecule has 0 bridgehead atoms. The van der Waals surface area contributed by atoms with Crippen molar-refractivity contribution in [3.05, 3.63) is 29.8 Å². The second kappa shape index (κ2) is 5.48. The molecule has 0 aliphatic heterocycles. The smallest absolute Gasteiger partial charge is 0.328 e. The van der Waals surface area contributed by atoms with Crippen LogP contribution in [0.25, 0.3) is 0 Å². The maximum Gasteiger partial charge on any atom is 0.328 e. The zero-order valence-electron chi connectivity index (χ0n) is 11.1. The molecule has 0 heterocycles. The van der Waals surface area contributed by atoms with Crippen molar-refractivity contribution in [3.8, 4) is 5.75 Å². The van der Waals surface area contributed by atoms with Gasteiger partial charge in [0.2, 0.25) is 5.91 Å². The zero-order chi connectivity index (χ0) is 14.8. The summed E-state index contributed by atoms with van der Waals surface area (Å²) in [5.74, 6) is -1.27. The number of amides is 1. The fraction of sp³-hybridized carbons (Fsp3) is 0.429. The molecule has 1 aliphatic carbocycles. The van der Waals surface area contributed by atoms with Crippen LogP contribution in [-0.2, 0) is 15.0 Å². The number of carboxylic acid groups (broad SMARTS) is 1. The van der Waals surface area contributed by atoms with Gasteiger partial charge >= 0.3 is 5.97 Å². The molecule has 1 fully saturated rings. The molecule has 0 aromatic heterocycles. The van der Waals surface area contributed by atoms with E-state index in [0.717, 1.165) is 0 Å². The summed E-state index contributed by atoms with van der Waals surface area (Å²) in [6, 6.07) is 5.59. The molecule has 1 saturated carbocycles. The first-order valence-electron chi connectivity index (χ1n) is 6.28.